The molecule has 0 fully saturated rings. The first-order chi connectivity index (χ1) is 11.6. The summed E-state index contributed by atoms with van der Waals surface area (Å²) in [6.45, 7) is 7.49. The van der Waals surface area contributed by atoms with Crippen LogP contribution in [0.4, 0.5) is 0 Å². The lowest BCUT2D eigenvalue weighted by Gasteiger charge is -2.23. The number of carboxylic acid groups (broad SMARTS) is 1. The number of aryl methyl sites for hydroxylation is 1. The van der Waals surface area contributed by atoms with Gasteiger partial charge in [-0.25, -0.2) is 9.78 Å². The van der Waals surface area contributed by atoms with Gasteiger partial charge in [0.2, 0.25) is 5.78 Å². The van der Waals surface area contributed by atoms with Crippen LogP contribution in [0.2, 0.25) is 0 Å². The van der Waals surface area contributed by atoms with Crippen molar-refractivity contribution in [1.29, 1.82) is 0 Å². The molecule has 1 aromatic carbocycles. The van der Waals surface area contributed by atoms with Gasteiger partial charge in [0.15, 0.2) is 11.6 Å². The summed E-state index contributed by atoms with van der Waals surface area (Å²) in [5.74, 6) is -0.130. The van der Waals surface area contributed by atoms with Crippen molar-refractivity contribution in [2.24, 2.45) is 0 Å². The van der Waals surface area contributed by atoms with E-state index >= 15 is 0 Å². The van der Waals surface area contributed by atoms with Crippen molar-refractivity contribution >= 4 is 23.1 Å². The maximum atomic E-state index is 12.3. The van der Waals surface area contributed by atoms with E-state index < -0.39 is 5.97 Å². The molecule has 134 valence electrons. The van der Waals surface area contributed by atoms with Crippen LogP contribution in [0.5, 0.6) is 11.5 Å². The summed E-state index contributed by atoms with van der Waals surface area (Å²) in [4.78, 5) is 27.5. The van der Waals surface area contributed by atoms with Crippen LogP contribution in [0.25, 0.3) is 0 Å². The molecule has 1 N–H and O–H groups in total. The first-order valence-corrected chi connectivity index (χ1v) is 8.50. The Balaban J connectivity index is 2.19. The van der Waals surface area contributed by atoms with Gasteiger partial charge in [0.25, 0.3) is 0 Å². The molecule has 0 spiro atoms. The Labute approximate surface area is 150 Å². The van der Waals surface area contributed by atoms with E-state index in [-0.39, 0.29) is 27.7 Å². The van der Waals surface area contributed by atoms with Gasteiger partial charge in [-0.3, -0.25) is 4.79 Å². The number of benzene rings is 1. The number of carbonyl (C=O) groups is 2. The predicted molar refractivity (Wildman–Crippen MR) is 95.3 cm³/mol. The fraction of sp³-hybridized carbons (Fsp3) is 0.389. The zero-order chi connectivity index (χ0) is 18.8. The Kier molecular flexibility index (Phi) is 5.47. The van der Waals surface area contributed by atoms with E-state index in [1.165, 1.54) is 0 Å². The van der Waals surface area contributed by atoms with Crippen LogP contribution in [-0.4, -0.2) is 35.6 Å². The first-order valence-electron chi connectivity index (χ1n) is 7.68. The predicted octanol–water partition coefficient (Wildman–Crippen LogP) is 3.72. The van der Waals surface area contributed by atoms with Crippen molar-refractivity contribution in [2.75, 3.05) is 13.7 Å². The van der Waals surface area contributed by atoms with Crippen molar-refractivity contribution in [3.63, 3.8) is 0 Å². The third-order valence-electron chi connectivity index (χ3n) is 3.58. The molecule has 0 radical (unpaired) electrons. The minimum absolute atomic E-state index is 0.0724. The average Bonchev–Trinajstić information content (AvgIpc) is 2.93. The normalized spacial score (nSPS) is 11.2. The third-order valence-corrected chi connectivity index (χ3v) is 4.77. The highest BCUT2D eigenvalue weighted by Crippen LogP contribution is 2.34. The van der Waals surface area contributed by atoms with E-state index in [9.17, 15) is 9.59 Å². The maximum absolute atomic E-state index is 12.3. The number of ether oxygens (including phenoxy) is 2. The number of ketones is 1. The summed E-state index contributed by atoms with van der Waals surface area (Å²) in [6, 6.07) is 5.42. The van der Waals surface area contributed by atoms with E-state index in [0.29, 0.717) is 17.2 Å². The Bertz CT molecular complexity index is 804. The molecule has 0 atom stereocenters. The number of carboxylic acids is 1. The number of rotatable bonds is 6. The number of nitrogens with zero attached hydrogens (tertiary/aromatic N) is 1. The molecular weight excluding hydrogens is 342 g/mol. The molecule has 0 aliphatic rings. The number of hydrogen-bond acceptors (Lipinski definition) is 6. The van der Waals surface area contributed by atoms with E-state index in [0.717, 1.165) is 16.9 Å². The van der Waals surface area contributed by atoms with Gasteiger partial charge in [0.05, 0.1) is 12.8 Å². The Morgan fingerprint density at radius 1 is 1.28 bits per heavy atom. The number of aromatic nitrogens is 1. The molecule has 0 aliphatic carbocycles. The standard InChI is InChI=1S/C18H21NO5S/c1-10-15(17(21)22)25-16(19-10)13(20)9-24-14-7-6-11(23-5)8-12(14)18(2,3)4/h6-8H,9H2,1-5H3,(H,21,22). The number of methoxy groups -OCH3 is 1. The maximum Gasteiger partial charge on any atom is 0.347 e. The van der Waals surface area contributed by atoms with Crippen LogP contribution in [0.3, 0.4) is 0 Å². The van der Waals surface area contributed by atoms with E-state index in [1.807, 2.05) is 26.8 Å². The summed E-state index contributed by atoms with van der Waals surface area (Å²) in [5.41, 5.74) is 1.06. The number of aromatic carboxylic acids is 1. The second kappa shape index (κ2) is 7.23. The SMILES string of the molecule is COc1ccc(OCC(=O)c2nc(C)c(C(=O)O)s2)c(C(C)(C)C)c1. The third kappa shape index (κ3) is 4.36. The largest absolute Gasteiger partial charge is 0.497 e. The molecule has 0 amide bonds. The number of thiazole rings is 1. The molecule has 1 heterocycles. The lowest BCUT2D eigenvalue weighted by molar-refractivity contribution is 0.0701. The van der Waals surface area contributed by atoms with Crippen molar-refractivity contribution in [2.45, 2.75) is 33.1 Å². The van der Waals surface area contributed by atoms with Gasteiger partial charge in [0.1, 0.15) is 16.4 Å². The Hall–Kier alpha value is -2.41. The minimum Gasteiger partial charge on any atom is -0.497 e. The minimum atomic E-state index is -1.08. The Morgan fingerprint density at radius 3 is 2.48 bits per heavy atom. The lowest BCUT2D eigenvalue weighted by Crippen LogP contribution is -2.17. The topological polar surface area (TPSA) is 85.7 Å². The Morgan fingerprint density at radius 2 is 1.96 bits per heavy atom. The number of carbonyl (C=O) groups excluding carboxylic acids is 1. The molecule has 0 bridgehead atoms. The van der Waals surface area contributed by atoms with Crippen LogP contribution in [0.1, 0.15) is 51.5 Å². The summed E-state index contributed by atoms with van der Waals surface area (Å²) >= 11 is 0.866. The van der Waals surface area contributed by atoms with E-state index in [4.69, 9.17) is 14.6 Å². The molecule has 0 saturated carbocycles. The van der Waals surface area contributed by atoms with Crippen molar-refractivity contribution in [1.82, 2.24) is 4.98 Å². The van der Waals surface area contributed by atoms with Gasteiger partial charge in [-0.05, 0) is 30.5 Å². The summed E-state index contributed by atoms with van der Waals surface area (Å²) in [7, 11) is 1.59. The van der Waals surface area contributed by atoms with Gasteiger partial charge >= 0.3 is 5.97 Å². The molecule has 2 aromatic rings. The van der Waals surface area contributed by atoms with Crippen molar-refractivity contribution in [3.8, 4) is 11.5 Å². The summed E-state index contributed by atoms with van der Waals surface area (Å²) in [5, 5.41) is 9.20. The first kappa shape index (κ1) is 18.9. The molecule has 1 aromatic heterocycles. The monoisotopic (exact) mass is 363 g/mol. The van der Waals surface area contributed by atoms with Crippen LogP contribution in [-0.2, 0) is 5.41 Å². The van der Waals surface area contributed by atoms with E-state index in [1.54, 1.807) is 26.2 Å². The number of Topliss-reactive ketones (excluding diaryl/α,β-unsaturated/α-hetero) is 1. The lowest BCUT2D eigenvalue weighted by atomic mass is 9.86. The molecule has 0 unspecified atom stereocenters. The highest BCUT2D eigenvalue weighted by Gasteiger charge is 2.22. The summed E-state index contributed by atoms with van der Waals surface area (Å²) < 4.78 is 11.0. The van der Waals surface area contributed by atoms with Crippen LogP contribution in [0, 0.1) is 6.92 Å². The molecular formula is C18H21NO5S. The summed E-state index contributed by atoms with van der Waals surface area (Å²) in [6.07, 6.45) is 0. The highest BCUT2D eigenvalue weighted by atomic mass is 32.1. The zero-order valence-electron chi connectivity index (χ0n) is 14.9. The molecule has 0 aliphatic heterocycles. The molecule has 6 nitrogen and oxygen atoms in total. The zero-order valence-corrected chi connectivity index (χ0v) is 15.7. The van der Waals surface area contributed by atoms with Crippen LogP contribution >= 0.6 is 11.3 Å². The smallest absolute Gasteiger partial charge is 0.347 e. The van der Waals surface area contributed by atoms with Gasteiger partial charge in [-0.1, -0.05) is 20.8 Å². The molecule has 2 rings (SSSR count). The van der Waals surface area contributed by atoms with Gasteiger partial charge in [-0.15, -0.1) is 11.3 Å². The van der Waals surface area contributed by atoms with Crippen molar-refractivity contribution < 1.29 is 24.2 Å². The molecule has 25 heavy (non-hydrogen) atoms. The average molecular weight is 363 g/mol. The highest BCUT2D eigenvalue weighted by molar-refractivity contribution is 7.15. The van der Waals surface area contributed by atoms with Crippen LogP contribution in [0.15, 0.2) is 18.2 Å². The molecule has 0 saturated heterocycles. The quantitative estimate of drug-likeness (QED) is 0.787. The van der Waals surface area contributed by atoms with Gasteiger partial charge in [-0.2, -0.15) is 0 Å². The second-order valence-corrected chi connectivity index (χ2v) is 7.56. The fourth-order valence-electron chi connectivity index (χ4n) is 2.27. The van der Waals surface area contributed by atoms with Crippen LogP contribution < -0.4 is 9.47 Å². The fourth-order valence-corrected chi connectivity index (χ4v) is 3.10. The van der Waals surface area contributed by atoms with Gasteiger partial charge < -0.3 is 14.6 Å². The number of hydrogen-bond donors (Lipinski definition) is 1. The van der Waals surface area contributed by atoms with E-state index in [2.05, 4.69) is 4.98 Å². The van der Waals surface area contributed by atoms with Crippen molar-refractivity contribution in [3.05, 3.63) is 39.3 Å². The van der Waals surface area contributed by atoms with Gasteiger partial charge in [0, 0.05) is 5.56 Å². The second-order valence-electron chi connectivity index (χ2n) is 6.56. The molecule has 7 heteroatoms.